The van der Waals surface area contributed by atoms with E-state index in [0.29, 0.717) is 21.8 Å². The summed E-state index contributed by atoms with van der Waals surface area (Å²) >= 11 is 12.0. The monoisotopic (exact) mass is 259 g/mol. The number of rotatable bonds is 1. The number of hydrogen-bond donors (Lipinski definition) is 1. The first-order valence-electron chi connectivity index (χ1n) is 5.44. The van der Waals surface area contributed by atoms with E-state index < -0.39 is 0 Å². The van der Waals surface area contributed by atoms with Crippen molar-refractivity contribution in [3.63, 3.8) is 0 Å². The molecular formula is C11H15Cl2N3. The number of hydrogen-bond acceptors (Lipinski definition) is 3. The van der Waals surface area contributed by atoms with Crippen LogP contribution in [0.1, 0.15) is 19.8 Å². The van der Waals surface area contributed by atoms with Crippen molar-refractivity contribution in [1.29, 1.82) is 0 Å². The first-order valence-corrected chi connectivity index (χ1v) is 6.20. The van der Waals surface area contributed by atoms with Crippen molar-refractivity contribution >= 4 is 34.8 Å². The number of nitrogens with zero attached hydrogens (tertiary/aromatic N) is 2. The molecule has 16 heavy (non-hydrogen) atoms. The van der Waals surface area contributed by atoms with Gasteiger partial charge in [-0.25, -0.2) is 4.98 Å². The Kier molecular flexibility index (Phi) is 3.45. The normalized spacial score (nSPS) is 21.2. The zero-order chi connectivity index (χ0) is 11.7. The molecule has 1 aromatic heterocycles. The number of aromatic nitrogens is 1. The van der Waals surface area contributed by atoms with Crippen LogP contribution in [-0.4, -0.2) is 18.1 Å². The van der Waals surface area contributed by atoms with Crippen LogP contribution in [0.5, 0.6) is 0 Å². The Bertz CT molecular complexity index is 395. The molecule has 0 bridgehead atoms. The number of piperidine rings is 1. The lowest BCUT2D eigenvalue weighted by molar-refractivity contribution is 0.445. The summed E-state index contributed by atoms with van der Waals surface area (Å²) in [6, 6.07) is 1.67. The summed E-state index contributed by atoms with van der Waals surface area (Å²) in [5, 5.41) is 0.993. The zero-order valence-electron chi connectivity index (χ0n) is 9.21. The van der Waals surface area contributed by atoms with E-state index in [1.54, 1.807) is 6.07 Å². The lowest BCUT2D eigenvalue weighted by Gasteiger charge is -2.32. The third-order valence-corrected chi connectivity index (χ3v) is 3.48. The van der Waals surface area contributed by atoms with E-state index in [4.69, 9.17) is 28.9 Å². The van der Waals surface area contributed by atoms with Crippen molar-refractivity contribution in [2.45, 2.75) is 19.8 Å². The summed E-state index contributed by atoms with van der Waals surface area (Å²) in [7, 11) is 0. The minimum Gasteiger partial charge on any atom is -0.382 e. The van der Waals surface area contributed by atoms with Crippen LogP contribution < -0.4 is 10.6 Å². The zero-order valence-corrected chi connectivity index (χ0v) is 10.7. The van der Waals surface area contributed by atoms with E-state index in [0.717, 1.165) is 18.9 Å². The first-order chi connectivity index (χ1) is 7.58. The fourth-order valence-corrected chi connectivity index (χ4v) is 2.55. The quantitative estimate of drug-likeness (QED) is 0.843. The highest BCUT2D eigenvalue weighted by Gasteiger charge is 2.20. The van der Waals surface area contributed by atoms with Gasteiger partial charge in [-0.1, -0.05) is 30.1 Å². The lowest BCUT2D eigenvalue weighted by atomic mass is 10.0. The van der Waals surface area contributed by atoms with Gasteiger partial charge in [0.05, 0.1) is 10.0 Å². The van der Waals surface area contributed by atoms with Gasteiger partial charge in [-0.2, -0.15) is 0 Å². The van der Waals surface area contributed by atoms with Gasteiger partial charge in [-0.05, 0) is 24.8 Å². The molecular weight excluding hydrogens is 245 g/mol. The highest BCUT2D eigenvalue weighted by molar-refractivity contribution is 6.37. The van der Waals surface area contributed by atoms with Crippen LogP contribution in [0.2, 0.25) is 10.0 Å². The fraction of sp³-hybridized carbons (Fsp3) is 0.545. The van der Waals surface area contributed by atoms with Crippen LogP contribution in [-0.2, 0) is 0 Å². The third kappa shape index (κ3) is 2.36. The van der Waals surface area contributed by atoms with Crippen molar-refractivity contribution in [2.75, 3.05) is 23.7 Å². The van der Waals surface area contributed by atoms with Gasteiger partial charge >= 0.3 is 0 Å². The molecule has 0 amide bonds. The summed E-state index contributed by atoms with van der Waals surface area (Å²) in [5.74, 6) is 1.78. The third-order valence-electron chi connectivity index (χ3n) is 2.89. The second-order valence-electron chi connectivity index (χ2n) is 4.35. The summed E-state index contributed by atoms with van der Waals surface area (Å²) in [6.45, 7) is 4.20. The Morgan fingerprint density at radius 3 is 2.88 bits per heavy atom. The SMILES string of the molecule is CC1CCCN(c2nc(N)c(Cl)cc2Cl)C1. The topological polar surface area (TPSA) is 42.2 Å². The summed E-state index contributed by atoms with van der Waals surface area (Å²) < 4.78 is 0. The first kappa shape index (κ1) is 11.8. The Morgan fingerprint density at radius 2 is 2.19 bits per heavy atom. The largest absolute Gasteiger partial charge is 0.382 e. The number of halogens is 2. The maximum atomic E-state index is 6.14. The molecule has 0 saturated carbocycles. The molecule has 1 aliphatic heterocycles. The Morgan fingerprint density at radius 1 is 1.44 bits per heavy atom. The van der Waals surface area contributed by atoms with Crippen LogP contribution in [0.3, 0.4) is 0 Å². The molecule has 2 N–H and O–H groups in total. The molecule has 2 rings (SSSR count). The van der Waals surface area contributed by atoms with E-state index in [1.165, 1.54) is 12.8 Å². The second-order valence-corrected chi connectivity index (χ2v) is 5.17. The van der Waals surface area contributed by atoms with E-state index in [-0.39, 0.29) is 0 Å². The fourth-order valence-electron chi connectivity index (χ4n) is 2.07. The molecule has 88 valence electrons. The van der Waals surface area contributed by atoms with Crippen LogP contribution >= 0.6 is 23.2 Å². The maximum absolute atomic E-state index is 6.14. The van der Waals surface area contributed by atoms with Crippen molar-refractivity contribution in [3.8, 4) is 0 Å². The molecule has 2 heterocycles. The highest BCUT2D eigenvalue weighted by Crippen LogP contribution is 2.32. The predicted molar refractivity (Wildman–Crippen MR) is 69.3 cm³/mol. The van der Waals surface area contributed by atoms with E-state index >= 15 is 0 Å². The standard InChI is InChI=1S/C11H15Cl2N3/c1-7-3-2-4-16(6-7)11-9(13)5-8(12)10(14)15-11/h5,7H,2-4,6H2,1H3,(H2,14,15). The number of nitrogen functional groups attached to an aromatic ring is 1. The van der Waals surface area contributed by atoms with Crippen molar-refractivity contribution in [3.05, 3.63) is 16.1 Å². The average molecular weight is 260 g/mol. The summed E-state index contributed by atoms with van der Waals surface area (Å²) in [5.41, 5.74) is 5.70. The minimum atomic E-state index is 0.347. The second kappa shape index (κ2) is 4.68. The number of nitrogens with two attached hydrogens (primary N) is 1. The molecule has 1 unspecified atom stereocenters. The summed E-state index contributed by atoms with van der Waals surface area (Å²) in [4.78, 5) is 6.45. The number of anilines is 2. The molecule has 1 aromatic rings. The molecule has 5 heteroatoms. The molecule has 0 aromatic carbocycles. The molecule has 1 fully saturated rings. The predicted octanol–water partition coefficient (Wildman–Crippen LogP) is 3.21. The Balaban J connectivity index is 2.29. The van der Waals surface area contributed by atoms with Crippen molar-refractivity contribution in [2.24, 2.45) is 5.92 Å². The van der Waals surface area contributed by atoms with Crippen LogP contribution in [0.15, 0.2) is 6.07 Å². The average Bonchev–Trinajstić information content (AvgIpc) is 2.23. The van der Waals surface area contributed by atoms with Gasteiger partial charge < -0.3 is 10.6 Å². The molecule has 0 radical (unpaired) electrons. The molecule has 3 nitrogen and oxygen atoms in total. The molecule has 0 spiro atoms. The van der Waals surface area contributed by atoms with Crippen LogP contribution in [0.4, 0.5) is 11.6 Å². The van der Waals surface area contributed by atoms with Gasteiger partial charge in [0.1, 0.15) is 11.6 Å². The Labute approximate surface area is 106 Å². The molecule has 1 saturated heterocycles. The minimum absolute atomic E-state index is 0.347. The summed E-state index contributed by atoms with van der Waals surface area (Å²) in [6.07, 6.45) is 2.43. The highest BCUT2D eigenvalue weighted by atomic mass is 35.5. The van der Waals surface area contributed by atoms with E-state index in [2.05, 4.69) is 16.8 Å². The van der Waals surface area contributed by atoms with Gasteiger partial charge in [-0.15, -0.1) is 0 Å². The van der Waals surface area contributed by atoms with E-state index in [1.807, 2.05) is 0 Å². The molecule has 1 atom stereocenters. The van der Waals surface area contributed by atoms with Gasteiger partial charge in [0.15, 0.2) is 0 Å². The van der Waals surface area contributed by atoms with Gasteiger partial charge in [-0.3, -0.25) is 0 Å². The van der Waals surface area contributed by atoms with Crippen LogP contribution in [0, 0.1) is 5.92 Å². The van der Waals surface area contributed by atoms with Crippen molar-refractivity contribution < 1.29 is 0 Å². The van der Waals surface area contributed by atoms with Gasteiger partial charge in [0.2, 0.25) is 0 Å². The van der Waals surface area contributed by atoms with Gasteiger partial charge in [0, 0.05) is 13.1 Å². The van der Waals surface area contributed by atoms with Crippen LogP contribution in [0.25, 0.3) is 0 Å². The molecule has 0 aliphatic carbocycles. The van der Waals surface area contributed by atoms with Gasteiger partial charge in [0.25, 0.3) is 0 Å². The lowest BCUT2D eigenvalue weighted by Crippen LogP contribution is -2.35. The van der Waals surface area contributed by atoms with Crippen molar-refractivity contribution in [1.82, 2.24) is 4.98 Å². The smallest absolute Gasteiger partial charge is 0.149 e. The van der Waals surface area contributed by atoms with E-state index in [9.17, 15) is 0 Å². The molecule has 1 aliphatic rings. The Hall–Kier alpha value is -0.670. The number of pyridine rings is 1. The maximum Gasteiger partial charge on any atom is 0.149 e.